The summed E-state index contributed by atoms with van der Waals surface area (Å²) in [4.78, 5) is -0.167. The Morgan fingerprint density at radius 3 is 2.80 bits per heavy atom. The smallest absolute Gasteiger partial charge is 0.182 e. The lowest BCUT2D eigenvalue weighted by atomic mass is 10.1. The third-order valence-corrected chi connectivity index (χ3v) is 2.92. The van der Waals surface area contributed by atoms with Crippen molar-refractivity contribution in [3.05, 3.63) is 41.7 Å². The van der Waals surface area contributed by atoms with Gasteiger partial charge in [-0.15, -0.1) is 5.10 Å². The summed E-state index contributed by atoms with van der Waals surface area (Å²) >= 11 is 4.64. The van der Waals surface area contributed by atoms with Crippen molar-refractivity contribution in [2.75, 3.05) is 11.9 Å². The monoisotopic (exact) mass is 297 g/mol. The quantitative estimate of drug-likeness (QED) is 0.627. The van der Waals surface area contributed by atoms with Gasteiger partial charge in [0.05, 0.1) is 11.9 Å². The van der Waals surface area contributed by atoms with E-state index in [9.17, 15) is 8.78 Å². The van der Waals surface area contributed by atoms with E-state index in [-0.39, 0.29) is 16.2 Å². The maximum absolute atomic E-state index is 13.7. The van der Waals surface area contributed by atoms with Crippen LogP contribution in [0.4, 0.5) is 14.5 Å². The molecule has 0 spiro atoms. The molecule has 1 aromatic heterocycles. The van der Waals surface area contributed by atoms with Gasteiger partial charge in [0.25, 0.3) is 0 Å². The number of nitrogens with zero attached hydrogens (tertiary/aromatic N) is 3. The van der Waals surface area contributed by atoms with E-state index in [1.807, 2.05) is 0 Å². The van der Waals surface area contributed by atoms with Gasteiger partial charge in [0.15, 0.2) is 11.6 Å². The van der Waals surface area contributed by atoms with Gasteiger partial charge in [0, 0.05) is 24.8 Å². The van der Waals surface area contributed by atoms with Crippen molar-refractivity contribution < 1.29 is 8.78 Å². The number of rotatable bonds is 6. The first-order valence-corrected chi connectivity index (χ1v) is 6.36. The third kappa shape index (κ3) is 3.27. The van der Waals surface area contributed by atoms with Crippen molar-refractivity contribution in [3.8, 4) is 0 Å². The summed E-state index contributed by atoms with van der Waals surface area (Å²) in [7, 11) is 0. The van der Waals surface area contributed by atoms with Crippen LogP contribution in [0, 0.1) is 11.6 Å². The van der Waals surface area contributed by atoms with E-state index in [0.717, 1.165) is 0 Å². The number of aromatic nitrogens is 3. The lowest BCUT2D eigenvalue weighted by molar-refractivity contribution is 0.508. The maximum atomic E-state index is 13.7. The summed E-state index contributed by atoms with van der Waals surface area (Å²) in [6, 6.07) is 2.78. The molecule has 0 aliphatic heterocycles. The molecule has 0 radical (unpaired) electrons. The van der Waals surface area contributed by atoms with Crippen LogP contribution in [0.1, 0.15) is 12.0 Å². The van der Waals surface area contributed by atoms with Crippen molar-refractivity contribution >= 4 is 22.9 Å². The molecule has 5 nitrogen and oxygen atoms in total. The lowest BCUT2D eigenvalue weighted by Gasteiger charge is -2.10. The van der Waals surface area contributed by atoms with Crippen molar-refractivity contribution in [2.24, 2.45) is 5.73 Å². The zero-order valence-electron chi connectivity index (χ0n) is 10.5. The second-order valence-corrected chi connectivity index (χ2v) is 4.54. The van der Waals surface area contributed by atoms with Crippen LogP contribution in [0.2, 0.25) is 0 Å². The fraction of sp³-hybridized carbons (Fsp3) is 0.250. The third-order valence-electron chi connectivity index (χ3n) is 2.70. The molecule has 0 bridgehead atoms. The topological polar surface area (TPSA) is 68.8 Å². The van der Waals surface area contributed by atoms with Gasteiger partial charge < -0.3 is 11.1 Å². The molecule has 0 amide bonds. The number of nitrogens with one attached hydrogen (secondary N) is 1. The Bertz CT molecular complexity index is 600. The molecule has 106 valence electrons. The Morgan fingerprint density at radius 2 is 2.15 bits per heavy atom. The van der Waals surface area contributed by atoms with Crippen molar-refractivity contribution in [3.63, 3.8) is 0 Å². The number of anilines is 1. The number of benzene rings is 1. The van der Waals surface area contributed by atoms with Crippen LogP contribution in [0.15, 0.2) is 24.5 Å². The molecule has 2 rings (SSSR count). The van der Waals surface area contributed by atoms with Gasteiger partial charge in [-0.3, -0.25) is 4.68 Å². The fourth-order valence-electron chi connectivity index (χ4n) is 1.69. The molecule has 1 heterocycles. The number of nitrogens with two attached hydrogens (primary N) is 1. The summed E-state index contributed by atoms with van der Waals surface area (Å²) < 4.78 is 29.0. The molecule has 8 heteroatoms. The molecule has 0 saturated heterocycles. The molecule has 0 atom stereocenters. The average molecular weight is 297 g/mol. The van der Waals surface area contributed by atoms with Gasteiger partial charge in [-0.05, 0) is 18.6 Å². The molecular weight excluding hydrogens is 284 g/mol. The van der Waals surface area contributed by atoms with Crippen LogP contribution < -0.4 is 11.1 Å². The Morgan fingerprint density at radius 1 is 1.35 bits per heavy atom. The van der Waals surface area contributed by atoms with Gasteiger partial charge in [-0.2, -0.15) is 0 Å². The highest BCUT2D eigenvalue weighted by molar-refractivity contribution is 7.80. The maximum Gasteiger partial charge on any atom is 0.182 e. The Kier molecular flexibility index (Phi) is 4.57. The molecule has 0 aliphatic rings. The highest BCUT2D eigenvalue weighted by atomic mass is 32.1. The zero-order chi connectivity index (χ0) is 14.5. The molecule has 3 N–H and O–H groups in total. The van der Waals surface area contributed by atoms with Gasteiger partial charge in [0.2, 0.25) is 0 Å². The van der Waals surface area contributed by atoms with E-state index in [1.54, 1.807) is 17.1 Å². The first-order valence-electron chi connectivity index (χ1n) is 5.95. The first-order chi connectivity index (χ1) is 9.59. The predicted octanol–water partition coefficient (Wildman–Crippen LogP) is 1.69. The summed E-state index contributed by atoms with van der Waals surface area (Å²) in [5.74, 6) is -2.00. The van der Waals surface area contributed by atoms with E-state index >= 15 is 0 Å². The zero-order valence-corrected chi connectivity index (χ0v) is 11.3. The standard InChI is InChI=1S/C12H13F2N5S/c13-10-8(12(15)20)2-3-9(11(10)14)16-4-1-6-19-7-5-17-18-19/h2-3,5,7,16H,1,4,6H2,(H2,15,20). The van der Waals surface area contributed by atoms with Gasteiger partial charge >= 0.3 is 0 Å². The summed E-state index contributed by atoms with van der Waals surface area (Å²) in [6.45, 7) is 1.12. The number of thiocarbonyl (C=S) groups is 1. The van der Waals surface area contributed by atoms with Crippen LogP contribution in [-0.4, -0.2) is 26.5 Å². The van der Waals surface area contributed by atoms with E-state index < -0.39 is 11.6 Å². The van der Waals surface area contributed by atoms with E-state index in [0.29, 0.717) is 19.5 Å². The van der Waals surface area contributed by atoms with Crippen LogP contribution in [0.5, 0.6) is 0 Å². The SMILES string of the molecule is NC(=S)c1ccc(NCCCn2ccnn2)c(F)c1F. The fourth-order valence-corrected chi connectivity index (χ4v) is 1.85. The minimum atomic E-state index is -1.03. The van der Waals surface area contributed by atoms with Gasteiger partial charge in [-0.25, -0.2) is 8.78 Å². The number of hydrogen-bond donors (Lipinski definition) is 2. The van der Waals surface area contributed by atoms with E-state index in [4.69, 9.17) is 5.73 Å². The largest absolute Gasteiger partial charge is 0.389 e. The number of aryl methyl sites for hydroxylation is 1. The Balaban J connectivity index is 1.93. The molecule has 0 aliphatic carbocycles. The van der Waals surface area contributed by atoms with Crippen LogP contribution in [0.25, 0.3) is 0 Å². The normalized spacial score (nSPS) is 10.5. The Labute approximate surface area is 119 Å². The molecule has 0 saturated carbocycles. The van der Waals surface area contributed by atoms with Crippen LogP contribution in [-0.2, 0) is 6.54 Å². The molecule has 0 fully saturated rings. The summed E-state index contributed by atoms with van der Waals surface area (Å²) in [5, 5.41) is 10.3. The molecule has 2 aromatic rings. The van der Waals surface area contributed by atoms with Gasteiger partial charge in [-0.1, -0.05) is 17.4 Å². The van der Waals surface area contributed by atoms with Crippen molar-refractivity contribution in [1.82, 2.24) is 15.0 Å². The highest BCUT2D eigenvalue weighted by Gasteiger charge is 2.14. The summed E-state index contributed by atoms with van der Waals surface area (Å²) in [5.41, 5.74) is 5.29. The second-order valence-electron chi connectivity index (χ2n) is 4.10. The predicted molar refractivity (Wildman–Crippen MR) is 75.4 cm³/mol. The number of hydrogen-bond acceptors (Lipinski definition) is 4. The lowest BCUT2D eigenvalue weighted by Crippen LogP contribution is -2.14. The van der Waals surface area contributed by atoms with Crippen molar-refractivity contribution in [2.45, 2.75) is 13.0 Å². The second kappa shape index (κ2) is 6.38. The Hall–Kier alpha value is -2.09. The average Bonchev–Trinajstić information content (AvgIpc) is 2.92. The molecule has 0 unspecified atom stereocenters. The molecule has 1 aromatic carbocycles. The minimum absolute atomic E-state index is 0.0843. The minimum Gasteiger partial charge on any atom is -0.389 e. The van der Waals surface area contributed by atoms with Crippen LogP contribution in [0.3, 0.4) is 0 Å². The summed E-state index contributed by atoms with van der Waals surface area (Å²) in [6.07, 6.45) is 4.01. The van der Waals surface area contributed by atoms with Crippen molar-refractivity contribution in [1.29, 1.82) is 0 Å². The van der Waals surface area contributed by atoms with E-state index in [2.05, 4.69) is 27.8 Å². The molecular formula is C12H13F2N5S. The first kappa shape index (κ1) is 14.3. The number of halogens is 2. The highest BCUT2D eigenvalue weighted by Crippen LogP contribution is 2.20. The van der Waals surface area contributed by atoms with E-state index in [1.165, 1.54) is 12.1 Å². The van der Waals surface area contributed by atoms with Gasteiger partial charge in [0.1, 0.15) is 4.99 Å². The molecule has 20 heavy (non-hydrogen) atoms. The van der Waals surface area contributed by atoms with Crippen LogP contribution >= 0.6 is 12.2 Å².